The van der Waals surface area contributed by atoms with Gasteiger partial charge < -0.3 is 15.0 Å². The minimum absolute atomic E-state index is 0.0787. The maximum absolute atomic E-state index is 13.2. The number of benzene rings is 2. The highest BCUT2D eigenvalue weighted by molar-refractivity contribution is 6.02. The van der Waals surface area contributed by atoms with Gasteiger partial charge in [0.15, 0.2) is 0 Å². The summed E-state index contributed by atoms with van der Waals surface area (Å²) in [6, 6.07) is 16.0. The largest absolute Gasteiger partial charge is 0.494 e. The number of fused-ring (bicyclic) bond motifs is 1. The lowest BCUT2D eigenvalue weighted by molar-refractivity contribution is 0.0503. The highest BCUT2D eigenvalue weighted by Crippen LogP contribution is 2.40. The zero-order valence-electron chi connectivity index (χ0n) is 17.3. The fraction of sp³-hybridized carbons (Fsp3) is 0.458. The topological polar surface area (TPSA) is 41.6 Å². The molecule has 1 aliphatic heterocycles. The minimum atomic E-state index is -0.542. The zero-order valence-corrected chi connectivity index (χ0v) is 17.3. The van der Waals surface area contributed by atoms with Gasteiger partial charge in [0.25, 0.3) is 5.91 Å². The summed E-state index contributed by atoms with van der Waals surface area (Å²) in [4.78, 5) is 15.1. The van der Waals surface area contributed by atoms with E-state index in [4.69, 9.17) is 4.74 Å². The molecule has 0 aliphatic carbocycles. The fourth-order valence-electron chi connectivity index (χ4n) is 4.06. The predicted octanol–water partition coefficient (Wildman–Crippen LogP) is 5.80. The first-order valence-corrected chi connectivity index (χ1v) is 10.6. The van der Waals surface area contributed by atoms with Crippen LogP contribution in [0.2, 0.25) is 0 Å². The van der Waals surface area contributed by atoms with E-state index < -0.39 is 5.66 Å². The lowest BCUT2D eigenvalue weighted by atomic mass is 9.89. The van der Waals surface area contributed by atoms with Gasteiger partial charge in [-0.25, -0.2) is 0 Å². The van der Waals surface area contributed by atoms with E-state index in [1.807, 2.05) is 48.2 Å². The SMILES string of the molecule is CCCCCCOc1ccc(C2(CC)Nc3ccccc3C(=O)N2CC)cc1. The van der Waals surface area contributed by atoms with E-state index in [2.05, 4.69) is 31.3 Å². The number of para-hydroxylation sites is 1. The molecule has 1 aliphatic rings. The molecule has 1 heterocycles. The summed E-state index contributed by atoms with van der Waals surface area (Å²) in [7, 11) is 0. The van der Waals surface area contributed by atoms with Gasteiger partial charge in [0.05, 0.1) is 12.2 Å². The summed E-state index contributed by atoms with van der Waals surface area (Å²) in [6.07, 6.45) is 5.57. The third kappa shape index (κ3) is 3.87. The van der Waals surface area contributed by atoms with E-state index in [1.165, 1.54) is 19.3 Å². The van der Waals surface area contributed by atoms with Gasteiger partial charge >= 0.3 is 0 Å². The number of nitrogens with zero attached hydrogens (tertiary/aromatic N) is 1. The maximum atomic E-state index is 13.2. The summed E-state index contributed by atoms with van der Waals surface area (Å²) < 4.78 is 5.89. The molecule has 4 nitrogen and oxygen atoms in total. The summed E-state index contributed by atoms with van der Waals surface area (Å²) in [6.45, 7) is 7.76. The van der Waals surface area contributed by atoms with Gasteiger partial charge in [0.1, 0.15) is 11.4 Å². The zero-order chi connectivity index (χ0) is 20.0. The van der Waals surface area contributed by atoms with Crippen LogP contribution < -0.4 is 10.1 Å². The molecule has 3 rings (SSSR count). The van der Waals surface area contributed by atoms with Gasteiger partial charge in [-0.2, -0.15) is 0 Å². The summed E-state index contributed by atoms with van der Waals surface area (Å²) in [5.74, 6) is 0.965. The third-order valence-electron chi connectivity index (χ3n) is 5.63. The van der Waals surface area contributed by atoms with E-state index in [0.717, 1.165) is 42.0 Å². The molecular formula is C24H32N2O2. The number of carbonyl (C=O) groups excluding carboxylic acids is 1. The first kappa shape index (κ1) is 20.2. The molecule has 0 saturated carbocycles. The standard InChI is InChI=1S/C24H32N2O2/c1-4-7-8-11-18-28-20-16-14-19(15-17-20)24(5-2)25-22-13-10-9-12-21(22)23(27)26(24)6-3/h9-10,12-17,25H,4-8,11,18H2,1-3H3. The molecule has 0 bridgehead atoms. The molecule has 2 aromatic rings. The highest BCUT2D eigenvalue weighted by atomic mass is 16.5. The Kier molecular flexibility index (Phi) is 6.61. The number of hydrogen-bond acceptors (Lipinski definition) is 3. The minimum Gasteiger partial charge on any atom is -0.494 e. The normalized spacial score (nSPS) is 18.5. The Labute approximate surface area is 168 Å². The van der Waals surface area contributed by atoms with Gasteiger partial charge in [-0.3, -0.25) is 4.79 Å². The highest BCUT2D eigenvalue weighted by Gasteiger charge is 2.43. The van der Waals surface area contributed by atoms with Gasteiger partial charge in [-0.1, -0.05) is 57.4 Å². The van der Waals surface area contributed by atoms with Crippen molar-refractivity contribution in [3.8, 4) is 5.75 Å². The Bertz CT molecular complexity index is 787. The number of unbranched alkanes of at least 4 members (excludes halogenated alkanes) is 3. The number of anilines is 1. The van der Waals surface area contributed by atoms with Gasteiger partial charge in [0.2, 0.25) is 0 Å². The van der Waals surface area contributed by atoms with E-state index in [1.54, 1.807) is 0 Å². The molecule has 2 aromatic carbocycles. The number of rotatable bonds is 9. The molecule has 0 fully saturated rings. The smallest absolute Gasteiger partial charge is 0.258 e. The van der Waals surface area contributed by atoms with Crippen LogP contribution in [0.1, 0.15) is 68.8 Å². The van der Waals surface area contributed by atoms with Crippen LogP contribution in [0, 0.1) is 0 Å². The fourth-order valence-corrected chi connectivity index (χ4v) is 4.06. The van der Waals surface area contributed by atoms with Crippen LogP contribution in [0.15, 0.2) is 48.5 Å². The van der Waals surface area contributed by atoms with Crippen molar-refractivity contribution in [2.75, 3.05) is 18.5 Å². The van der Waals surface area contributed by atoms with Crippen molar-refractivity contribution < 1.29 is 9.53 Å². The Morgan fingerprint density at radius 1 is 0.964 bits per heavy atom. The Hall–Kier alpha value is -2.49. The molecule has 0 saturated heterocycles. The van der Waals surface area contributed by atoms with Crippen LogP contribution in [-0.2, 0) is 5.66 Å². The van der Waals surface area contributed by atoms with Gasteiger partial charge in [0, 0.05) is 12.2 Å². The molecule has 1 N–H and O–H groups in total. The van der Waals surface area contributed by atoms with Crippen LogP contribution in [-0.4, -0.2) is 24.0 Å². The number of nitrogens with one attached hydrogen (secondary N) is 1. The lowest BCUT2D eigenvalue weighted by Crippen LogP contribution is -2.57. The molecule has 1 unspecified atom stereocenters. The number of ether oxygens (including phenoxy) is 1. The van der Waals surface area contributed by atoms with E-state index in [9.17, 15) is 4.79 Å². The molecule has 0 spiro atoms. The Balaban J connectivity index is 1.82. The van der Waals surface area contributed by atoms with Gasteiger partial charge in [-0.15, -0.1) is 0 Å². The van der Waals surface area contributed by atoms with Crippen molar-refractivity contribution in [3.05, 3.63) is 59.7 Å². The molecule has 1 amide bonds. The van der Waals surface area contributed by atoms with E-state index in [0.29, 0.717) is 6.54 Å². The molecule has 0 radical (unpaired) electrons. The third-order valence-corrected chi connectivity index (χ3v) is 5.63. The van der Waals surface area contributed by atoms with Crippen LogP contribution in [0.25, 0.3) is 0 Å². The Morgan fingerprint density at radius 2 is 1.71 bits per heavy atom. The predicted molar refractivity (Wildman–Crippen MR) is 115 cm³/mol. The van der Waals surface area contributed by atoms with Gasteiger partial charge in [-0.05, 0) is 49.6 Å². The molecule has 0 aromatic heterocycles. The van der Waals surface area contributed by atoms with Crippen molar-refractivity contribution in [2.45, 2.75) is 58.5 Å². The van der Waals surface area contributed by atoms with Crippen LogP contribution in [0.4, 0.5) is 5.69 Å². The van der Waals surface area contributed by atoms with Crippen molar-refractivity contribution in [3.63, 3.8) is 0 Å². The lowest BCUT2D eigenvalue weighted by Gasteiger charge is -2.48. The van der Waals surface area contributed by atoms with Crippen molar-refractivity contribution >= 4 is 11.6 Å². The van der Waals surface area contributed by atoms with Crippen molar-refractivity contribution in [2.24, 2.45) is 0 Å². The monoisotopic (exact) mass is 380 g/mol. The van der Waals surface area contributed by atoms with Crippen LogP contribution in [0.5, 0.6) is 5.75 Å². The number of carbonyl (C=O) groups is 1. The van der Waals surface area contributed by atoms with E-state index >= 15 is 0 Å². The molecule has 28 heavy (non-hydrogen) atoms. The summed E-state index contributed by atoms with van der Waals surface area (Å²) in [5, 5.41) is 3.66. The number of amides is 1. The van der Waals surface area contributed by atoms with Crippen LogP contribution >= 0.6 is 0 Å². The molecular weight excluding hydrogens is 348 g/mol. The summed E-state index contributed by atoms with van der Waals surface area (Å²) in [5.41, 5.74) is 2.17. The Morgan fingerprint density at radius 3 is 2.39 bits per heavy atom. The molecule has 4 heteroatoms. The van der Waals surface area contributed by atoms with Crippen LogP contribution in [0.3, 0.4) is 0 Å². The number of hydrogen-bond donors (Lipinski definition) is 1. The molecule has 1 atom stereocenters. The second-order valence-electron chi connectivity index (χ2n) is 7.37. The second-order valence-corrected chi connectivity index (χ2v) is 7.37. The quantitative estimate of drug-likeness (QED) is 0.559. The maximum Gasteiger partial charge on any atom is 0.258 e. The van der Waals surface area contributed by atoms with Crippen molar-refractivity contribution in [1.82, 2.24) is 4.90 Å². The first-order chi connectivity index (χ1) is 13.7. The average Bonchev–Trinajstić information content (AvgIpc) is 2.74. The second kappa shape index (κ2) is 9.13. The average molecular weight is 381 g/mol. The van der Waals surface area contributed by atoms with E-state index in [-0.39, 0.29) is 5.91 Å². The van der Waals surface area contributed by atoms with Crippen molar-refractivity contribution in [1.29, 1.82) is 0 Å². The first-order valence-electron chi connectivity index (χ1n) is 10.6. The molecule has 150 valence electrons. The summed E-state index contributed by atoms with van der Waals surface area (Å²) >= 11 is 0.